The van der Waals surface area contributed by atoms with Crippen molar-refractivity contribution in [3.63, 3.8) is 0 Å². The van der Waals surface area contributed by atoms with Gasteiger partial charge in [-0.15, -0.1) is 0 Å². The van der Waals surface area contributed by atoms with Crippen LogP contribution in [0.15, 0.2) is 72.8 Å². The summed E-state index contributed by atoms with van der Waals surface area (Å²) in [6.45, 7) is 0.958. The lowest BCUT2D eigenvalue weighted by Crippen LogP contribution is -2.06. The molecule has 0 atom stereocenters. The van der Waals surface area contributed by atoms with Crippen LogP contribution in [0.25, 0.3) is 0 Å². The van der Waals surface area contributed by atoms with Gasteiger partial charge < -0.3 is 20.3 Å². The van der Waals surface area contributed by atoms with E-state index in [0.29, 0.717) is 36.8 Å². The molecule has 0 amide bonds. The minimum atomic E-state index is -0.851. The largest absolute Gasteiger partial charge is 0.493 e. The van der Waals surface area contributed by atoms with E-state index >= 15 is 0 Å². The number of hydrogen-bond donors (Lipinski definition) is 2. The Morgan fingerprint density at radius 2 is 1.63 bits per heavy atom. The Bertz CT molecular complexity index is 1030. The van der Waals surface area contributed by atoms with E-state index in [2.05, 4.69) is 11.8 Å². The lowest BCUT2D eigenvalue weighted by molar-refractivity contribution is -0.136. The molecule has 0 saturated heterocycles. The van der Waals surface area contributed by atoms with Crippen LogP contribution in [0, 0.1) is 11.8 Å². The van der Waals surface area contributed by atoms with Crippen molar-refractivity contribution in [2.75, 3.05) is 18.9 Å². The molecule has 3 aromatic rings. The fraction of sp³-hybridized carbons (Fsp3) is 0.160. The molecule has 0 aliphatic rings. The van der Waals surface area contributed by atoms with Gasteiger partial charge in [0.15, 0.2) is 0 Å². The highest BCUT2D eigenvalue weighted by Gasteiger charge is 2.04. The molecule has 0 aromatic heterocycles. The predicted octanol–water partition coefficient (Wildman–Crippen LogP) is 4.14. The van der Waals surface area contributed by atoms with Gasteiger partial charge in [-0.05, 0) is 48.0 Å². The summed E-state index contributed by atoms with van der Waals surface area (Å²) in [7, 11) is 0. The second-order valence-electron chi connectivity index (χ2n) is 6.64. The number of benzene rings is 3. The smallest absolute Gasteiger partial charge is 0.307 e. The summed E-state index contributed by atoms with van der Waals surface area (Å²) in [4.78, 5) is 10.7. The Kier molecular flexibility index (Phi) is 7.34. The Morgan fingerprint density at radius 3 is 2.37 bits per heavy atom. The predicted molar refractivity (Wildman–Crippen MR) is 117 cm³/mol. The van der Waals surface area contributed by atoms with Crippen molar-refractivity contribution < 1.29 is 19.4 Å². The molecule has 0 spiro atoms. The molecule has 0 bridgehead atoms. The second-order valence-corrected chi connectivity index (χ2v) is 6.64. The van der Waals surface area contributed by atoms with Gasteiger partial charge in [0.1, 0.15) is 11.5 Å². The molecule has 3 aromatic carbocycles. The molecule has 3 N–H and O–H groups in total. The average Bonchev–Trinajstić information content (AvgIpc) is 2.74. The number of nitrogens with two attached hydrogens (primary N) is 1. The fourth-order valence-corrected chi connectivity index (χ4v) is 2.74. The Morgan fingerprint density at radius 1 is 0.900 bits per heavy atom. The topological polar surface area (TPSA) is 81.8 Å². The zero-order chi connectivity index (χ0) is 21.2. The maximum Gasteiger partial charge on any atom is 0.307 e. The fourth-order valence-electron chi connectivity index (χ4n) is 2.74. The maximum absolute atomic E-state index is 10.7. The van der Waals surface area contributed by atoms with Gasteiger partial charge in [0.2, 0.25) is 0 Å². The van der Waals surface area contributed by atoms with Crippen LogP contribution in [0.3, 0.4) is 0 Å². The molecule has 0 heterocycles. The summed E-state index contributed by atoms with van der Waals surface area (Å²) in [5.74, 6) is 6.78. The van der Waals surface area contributed by atoms with Gasteiger partial charge in [0.25, 0.3) is 0 Å². The first-order chi connectivity index (χ1) is 14.6. The first kappa shape index (κ1) is 20.8. The minimum Gasteiger partial charge on any atom is -0.493 e. The molecule has 30 heavy (non-hydrogen) atoms. The van der Waals surface area contributed by atoms with Crippen LogP contribution in [0.4, 0.5) is 5.69 Å². The molecule has 0 radical (unpaired) electrons. The van der Waals surface area contributed by atoms with E-state index < -0.39 is 5.97 Å². The van der Waals surface area contributed by atoms with Crippen LogP contribution in [0.5, 0.6) is 11.5 Å². The van der Waals surface area contributed by atoms with Crippen molar-refractivity contribution >= 4 is 11.7 Å². The van der Waals surface area contributed by atoms with Gasteiger partial charge in [-0.1, -0.05) is 42.2 Å². The first-order valence-electron chi connectivity index (χ1n) is 9.63. The van der Waals surface area contributed by atoms with Gasteiger partial charge in [-0.3, -0.25) is 4.79 Å². The highest BCUT2D eigenvalue weighted by atomic mass is 16.5. The zero-order valence-electron chi connectivity index (χ0n) is 16.5. The van der Waals surface area contributed by atoms with Crippen molar-refractivity contribution in [3.8, 4) is 23.3 Å². The van der Waals surface area contributed by atoms with Crippen LogP contribution in [-0.4, -0.2) is 24.3 Å². The number of rotatable bonds is 8. The molecule has 3 rings (SSSR count). The van der Waals surface area contributed by atoms with Gasteiger partial charge in [0, 0.05) is 17.7 Å². The molecule has 152 valence electrons. The van der Waals surface area contributed by atoms with E-state index in [1.54, 1.807) is 36.4 Å². The summed E-state index contributed by atoms with van der Waals surface area (Å²) in [5.41, 5.74) is 8.94. The Balaban J connectivity index is 1.50. The molecule has 0 aliphatic heterocycles. The third-order valence-electron chi connectivity index (χ3n) is 4.21. The standard InChI is InChI=1S/C25H23NO4/c26-22-11-14-24(21(18-22)10-7-19-5-2-1-3-6-19)30-16-4-15-29-23-12-8-20(9-13-23)17-25(27)28/h1-3,5-6,8-9,11-14,18H,4,15-17,26H2,(H,27,28). The number of carbonyl (C=O) groups is 1. The monoisotopic (exact) mass is 401 g/mol. The van der Waals surface area contributed by atoms with E-state index in [4.69, 9.17) is 20.3 Å². The lowest BCUT2D eigenvalue weighted by atomic mass is 10.1. The van der Waals surface area contributed by atoms with Crippen LogP contribution in [-0.2, 0) is 11.2 Å². The van der Waals surface area contributed by atoms with Crippen LogP contribution < -0.4 is 15.2 Å². The van der Waals surface area contributed by atoms with E-state index in [9.17, 15) is 4.79 Å². The molecular formula is C25H23NO4. The summed E-state index contributed by atoms with van der Waals surface area (Å²) >= 11 is 0. The molecule has 0 unspecified atom stereocenters. The van der Waals surface area contributed by atoms with Crippen LogP contribution >= 0.6 is 0 Å². The quantitative estimate of drug-likeness (QED) is 0.337. The molecule has 0 saturated carbocycles. The van der Waals surface area contributed by atoms with E-state index in [0.717, 1.165) is 16.7 Å². The highest BCUT2D eigenvalue weighted by molar-refractivity contribution is 5.70. The Labute approximate surface area is 176 Å². The van der Waals surface area contributed by atoms with Crippen molar-refractivity contribution in [1.29, 1.82) is 0 Å². The van der Waals surface area contributed by atoms with Crippen molar-refractivity contribution in [1.82, 2.24) is 0 Å². The normalized spacial score (nSPS) is 10.0. The molecule has 5 heteroatoms. The number of hydrogen-bond acceptors (Lipinski definition) is 4. The summed E-state index contributed by atoms with van der Waals surface area (Å²) in [6, 6.07) is 22.2. The van der Waals surface area contributed by atoms with Crippen molar-refractivity contribution in [2.24, 2.45) is 0 Å². The lowest BCUT2D eigenvalue weighted by Gasteiger charge is -2.10. The number of nitrogen functional groups attached to an aromatic ring is 1. The van der Waals surface area contributed by atoms with E-state index in [1.807, 2.05) is 36.4 Å². The number of ether oxygens (including phenoxy) is 2. The van der Waals surface area contributed by atoms with Gasteiger partial charge in [-0.2, -0.15) is 0 Å². The SMILES string of the molecule is Nc1ccc(OCCCOc2ccc(CC(=O)O)cc2)c(C#Cc2ccccc2)c1. The zero-order valence-corrected chi connectivity index (χ0v) is 16.5. The number of anilines is 1. The summed E-state index contributed by atoms with van der Waals surface area (Å²) in [5, 5.41) is 8.80. The molecule has 5 nitrogen and oxygen atoms in total. The highest BCUT2D eigenvalue weighted by Crippen LogP contribution is 2.21. The van der Waals surface area contributed by atoms with Gasteiger partial charge in [0.05, 0.1) is 25.2 Å². The third-order valence-corrected chi connectivity index (χ3v) is 4.21. The van der Waals surface area contributed by atoms with Crippen molar-refractivity contribution in [2.45, 2.75) is 12.8 Å². The van der Waals surface area contributed by atoms with E-state index in [-0.39, 0.29) is 6.42 Å². The molecule has 0 fully saturated rings. The minimum absolute atomic E-state index is 0.00517. The first-order valence-corrected chi connectivity index (χ1v) is 9.63. The number of carboxylic acid groups (broad SMARTS) is 1. The van der Waals surface area contributed by atoms with Gasteiger partial charge in [-0.25, -0.2) is 0 Å². The average molecular weight is 401 g/mol. The van der Waals surface area contributed by atoms with Crippen LogP contribution in [0.2, 0.25) is 0 Å². The van der Waals surface area contributed by atoms with E-state index in [1.165, 1.54) is 0 Å². The third kappa shape index (κ3) is 6.61. The second kappa shape index (κ2) is 10.6. The number of carboxylic acids is 1. The van der Waals surface area contributed by atoms with Crippen molar-refractivity contribution in [3.05, 3.63) is 89.5 Å². The van der Waals surface area contributed by atoms with Crippen LogP contribution in [0.1, 0.15) is 23.1 Å². The maximum atomic E-state index is 10.7. The molecule has 0 aliphatic carbocycles. The Hall–Kier alpha value is -3.91. The number of aliphatic carboxylic acids is 1. The molecular weight excluding hydrogens is 378 g/mol. The van der Waals surface area contributed by atoms with Gasteiger partial charge >= 0.3 is 5.97 Å². The summed E-state index contributed by atoms with van der Waals surface area (Å²) in [6.07, 6.45) is 0.692. The summed E-state index contributed by atoms with van der Waals surface area (Å²) < 4.78 is 11.6.